The highest BCUT2D eigenvalue weighted by Gasteiger charge is 2.30. The zero-order valence-corrected chi connectivity index (χ0v) is 26.0. The molecule has 2 N–H and O–H groups in total. The summed E-state index contributed by atoms with van der Waals surface area (Å²) in [6, 6.07) is 25.3. The van der Waals surface area contributed by atoms with Gasteiger partial charge in [0.15, 0.2) is 0 Å². The predicted molar refractivity (Wildman–Crippen MR) is 174 cm³/mol. The molecule has 6 nitrogen and oxygen atoms in total. The Morgan fingerprint density at radius 3 is 2.14 bits per heavy atom. The summed E-state index contributed by atoms with van der Waals surface area (Å²) in [5, 5.41) is 14.0. The maximum atomic E-state index is 14.1. The Hall–Kier alpha value is -4.49. The number of benzene rings is 3. The minimum absolute atomic E-state index is 0.0626. The van der Waals surface area contributed by atoms with Crippen molar-refractivity contribution in [3.63, 3.8) is 0 Å². The molecule has 1 heterocycles. The molecule has 4 rings (SSSR count). The number of rotatable bonds is 11. The number of carbonyl (C=O) groups excluding carboxylic acids is 2. The summed E-state index contributed by atoms with van der Waals surface area (Å²) in [5.41, 5.74) is 4.55. The molecular formula is C37H41FN2O4. The second-order valence-corrected chi connectivity index (χ2v) is 12.1. The van der Waals surface area contributed by atoms with Gasteiger partial charge in [-0.3, -0.25) is 4.79 Å². The lowest BCUT2D eigenvalue weighted by molar-refractivity contribution is -0.148. The van der Waals surface area contributed by atoms with Crippen molar-refractivity contribution in [2.75, 3.05) is 5.32 Å². The van der Waals surface area contributed by atoms with Crippen molar-refractivity contribution in [1.82, 2.24) is 4.57 Å². The average molecular weight is 597 g/mol. The van der Waals surface area contributed by atoms with Crippen molar-refractivity contribution in [3.05, 3.63) is 114 Å². The highest BCUT2D eigenvalue weighted by molar-refractivity contribution is 6.12. The quantitative estimate of drug-likeness (QED) is 0.135. The summed E-state index contributed by atoms with van der Waals surface area (Å²) in [6.07, 6.45) is 2.82. The van der Waals surface area contributed by atoms with E-state index >= 15 is 0 Å². The van der Waals surface area contributed by atoms with Gasteiger partial charge in [-0.25, -0.2) is 9.18 Å². The Morgan fingerprint density at radius 1 is 0.932 bits per heavy atom. The normalized spacial score (nSPS) is 12.5. The van der Waals surface area contributed by atoms with Gasteiger partial charge in [-0.2, -0.15) is 0 Å². The van der Waals surface area contributed by atoms with Crippen LogP contribution in [0.3, 0.4) is 0 Å². The molecule has 1 amide bonds. The number of esters is 1. The smallest absolute Gasteiger partial charge is 0.330 e. The van der Waals surface area contributed by atoms with Crippen LogP contribution in [0.5, 0.6) is 0 Å². The van der Waals surface area contributed by atoms with Gasteiger partial charge in [-0.05, 0) is 87.1 Å². The van der Waals surface area contributed by atoms with E-state index in [1.54, 1.807) is 39.0 Å². The van der Waals surface area contributed by atoms with Crippen molar-refractivity contribution in [3.8, 4) is 22.4 Å². The molecule has 0 saturated heterocycles. The largest absolute Gasteiger partial charge is 0.457 e. The molecule has 44 heavy (non-hydrogen) atoms. The minimum atomic E-state index is -0.751. The molecule has 0 saturated carbocycles. The number of nitrogens with zero attached hydrogens (tertiary/aromatic N) is 1. The van der Waals surface area contributed by atoms with E-state index in [0.717, 1.165) is 28.1 Å². The molecule has 0 fully saturated rings. The summed E-state index contributed by atoms with van der Waals surface area (Å²) < 4.78 is 21.5. The monoisotopic (exact) mass is 596 g/mol. The van der Waals surface area contributed by atoms with Crippen molar-refractivity contribution in [2.45, 2.75) is 71.6 Å². The molecule has 1 aromatic heterocycles. The number of aliphatic hydroxyl groups is 1. The fourth-order valence-corrected chi connectivity index (χ4v) is 5.26. The van der Waals surface area contributed by atoms with Crippen molar-refractivity contribution < 1.29 is 23.8 Å². The van der Waals surface area contributed by atoms with Crippen molar-refractivity contribution >= 4 is 17.6 Å². The molecule has 0 aliphatic rings. The molecule has 0 unspecified atom stereocenters. The average Bonchev–Trinajstić information content (AvgIpc) is 3.32. The van der Waals surface area contributed by atoms with Crippen molar-refractivity contribution in [2.24, 2.45) is 0 Å². The van der Waals surface area contributed by atoms with Crippen LogP contribution in [-0.4, -0.2) is 33.3 Å². The zero-order valence-electron chi connectivity index (χ0n) is 26.0. The standard InChI is InChI=1S/C37H41FN2O4/c1-25(2)34-33(36(43)39-29-15-10-7-11-16-29)32(26-13-8-6-9-14-26)35(27-19-21-28(38)22-20-27)40(34)24-23-30(41)17-12-18-31(42)44-37(3,4)5/h6-16,18-22,25,30,41H,17,23-24H2,1-5H3,(H,39,43)/b18-12+/t30-/m0/s1. The molecule has 7 heteroatoms. The molecule has 0 aliphatic heterocycles. The van der Waals surface area contributed by atoms with Crippen LogP contribution >= 0.6 is 0 Å². The van der Waals surface area contributed by atoms with E-state index in [1.807, 2.05) is 74.5 Å². The summed E-state index contributed by atoms with van der Waals surface area (Å²) >= 11 is 0. The molecule has 0 aliphatic carbocycles. The topological polar surface area (TPSA) is 80.6 Å². The van der Waals surface area contributed by atoms with E-state index in [1.165, 1.54) is 18.2 Å². The van der Waals surface area contributed by atoms with Gasteiger partial charge in [0, 0.05) is 29.6 Å². The number of ether oxygens (including phenoxy) is 1. The Labute approximate surface area is 259 Å². The highest BCUT2D eigenvalue weighted by Crippen LogP contribution is 2.42. The summed E-state index contributed by atoms with van der Waals surface area (Å²) in [4.78, 5) is 26.2. The predicted octanol–water partition coefficient (Wildman–Crippen LogP) is 8.38. The zero-order chi connectivity index (χ0) is 31.9. The number of nitrogens with one attached hydrogen (secondary N) is 1. The van der Waals surface area contributed by atoms with Crippen molar-refractivity contribution in [1.29, 1.82) is 0 Å². The Morgan fingerprint density at radius 2 is 1.55 bits per heavy atom. The lowest BCUT2D eigenvalue weighted by Gasteiger charge is -2.19. The lowest BCUT2D eigenvalue weighted by atomic mass is 9.94. The van der Waals surface area contributed by atoms with Crippen LogP contribution in [-0.2, 0) is 16.1 Å². The van der Waals surface area contributed by atoms with Gasteiger partial charge >= 0.3 is 5.97 Å². The number of hydrogen-bond acceptors (Lipinski definition) is 4. The Bertz CT molecular complexity index is 1580. The number of para-hydroxylation sites is 1. The fraction of sp³-hybridized carbons (Fsp3) is 0.297. The summed E-state index contributed by atoms with van der Waals surface area (Å²) in [6.45, 7) is 9.86. The highest BCUT2D eigenvalue weighted by atomic mass is 19.1. The first-order valence-corrected chi connectivity index (χ1v) is 15.0. The van der Waals surface area contributed by atoms with Gasteiger partial charge < -0.3 is 19.7 Å². The second kappa shape index (κ2) is 14.3. The van der Waals surface area contributed by atoms with Gasteiger partial charge in [0.1, 0.15) is 11.4 Å². The number of aliphatic hydroxyl groups excluding tert-OH is 1. The Balaban J connectivity index is 1.80. The molecule has 230 valence electrons. The number of hydrogen-bond donors (Lipinski definition) is 2. The third kappa shape index (κ3) is 8.32. The molecular weight excluding hydrogens is 555 g/mol. The fourth-order valence-electron chi connectivity index (χ4n) is 5.26. The second-order valence-electron chi connectivity index (χ2n) is 12.1. The first-order valence-electron chi connectivity index (χ1n) is 15.0. The Kier molecular flexibility index (Phi) is 10.6. The van der Waals surface area contributed by atoms with Crippen LogP contribution in [0.4, 0.5) is 10.1 Å². The van der Waals surface area contributed by atoms with Crippen LogP contribution in [0.1, 0.15) is 69.4 Å². The molecule has 1 atom stereocenters. The SMILES string of the molecule is CC(C)c1c(C(=O)Nc2ccccc2)c(-c2ccccc2)c(-c2ccc(F)cc2)n1CC[C@@H](O)C/C=C/C(=O)OC(C)(C)C. The lowest BCUT2D eigenvalue weighted by Crippen LogP contribution is -2.22. The van der Waals surface area contributed by atoms with Gasteiger partial charge in [-0.15, -0.1) is 0 Å². The van der Waals surface area contributed by atoms with Gasteiger partial charge in [0.2, 0.25) is 0 Å². The third-order valence-corrected chi connectivity index (χ3v) is 7.04. The van der Waals surface area contributed by atoms with E-state index in [4.69, 9.17) is 4.74 Å². The van der Waals surface area contributed by atoms with Gasteiger partial charge in [0.05, 0.1) is 17.4 Å². The van der Waals surface area contributed by atoms with E-state index in [-0.39, 0.29) is 24.1 Å². The summed E-state index contributed by atoms with van der Waals surface area (Å²) in [5.74, 6) is -1.13. The van der Waals surface area contributed by atoms with E-state index in [0.29, 0.717) is 24.2 Å². The molecule has 0 spiro atoms. The van der Waals surface area contributed by atoms with Crippen LogP contribution in [0.25, 0.3) is 22.4 Å². The maximum absolute atomic E-state index is 14.1. The van der Waals surface area contributed by atoms with Gasteiger partial charge in [0.25, 0.3) is 5.91 Å². The van der Waals surface area contributed by atoms with E-state index in [9.17, 15) is 19.1 Å². The molecule has 0 radical (unpaired) electrons. The third-order valence-electron chi connectivity index (χ3n) is 7.04. The summed E-state index contributed by atoms with van der Waals surface area (Å²) in [7, 11) is 0. The number of carbonyl (C=O) groups is 2. The van der Waals surface area contributed by atoms with Crippen LogP contribution < -0.4 is 5.32 Å². The van der Waals surface area contributed by atoms with Crippen LogP contribution in [0.2, 0.25) is 0 Å². The number of anilines is 1. The van der Waals surface area contributed by atoms with Gasteiger partial charge in [-0.1, -0.05) is 68.5 Å². The molecule has 3 aromatic carbocycles. The first-order chi connectivity index (χ1) is 20.9. The van der Waals surface area contributed by atoms with E-state index < -0.39 is 17.7 Å². The number of aromatic nitrogens is 1. The minimum Gasteiger partial charge on any atom is -0.457 e. The number of halogens is 1. The maximum Gasteiger partial charge on any atom is 0.330 e. The first kappa shape index (κ1) is 32.4. The van der Waals surface area contributed by atoms with Crippen LogP contribution in [0.15, 0.2) is 97.1 Å². The van der Waals surface area contributed by atoms with Crippen LogP contribution in [0, 0.1) is 5.82 Å². The van der Waals surface area contributed by atoms with E-state index in [2.05, 4.69) is 9.88 Å². The molecule has 0 bridgehead atoms. The number of amides is 1. The molecule has 4 aromatic rings.